The highest BCUT2D eigenvalue weighted by Gasteiger charge is 2.22. The molecule has 1 aromatic rings. The van der Waals surface area contributed by atoms with Crippen LogP contribution in [0.15, 0.2) is 18.2 Å². The second-order valence-electron chi connectivity index (χ2n) is 6.31. The van der Waals surface area contributed by atoms with E-state index in [4.69, 9.17) is 5.73 Å². The molecule has 1 unspecified atom stereocenters. The predicted molar refractivity (Wildman–Crippen MR) is 79.8 cm³/mol. The summed E-state index contributed by atoms with van der Waals surface area (Å²) in [6.07, 6.45) is 2.78. The number of anilines is 1. The maximum absolute atomic E-state index is 5.86. The Morgan fingerprint density at radius 2 is 1.74 bits per heavy atom. The molecule has 1 atom stereocenters. The van der Waals surface area contributed by atoms with Gasteiger partial charge in [-0.2, -0.15) is 0 Å². The largest absolute Gasteiger partial charge is 0.399 e. The molecule has 0 radical (unpaired) electrons. The predicted octanol–water partition coefficient (Wildman–Crippen LogP) is 2.32. The van der Waals surface area contributed by atoms with Crippen molar-refractivity contribution in [2.45, 2.75) is 32.9 Å². The zero-order valence-corrected chi connectivity index (χ0v) is 11.9. The first kappa shape index (κ1) is 12.9. The summed E-state index contributed by atoms with van der Waals surface area (Å²) < 4.78 is 0. The van der Waals surface area contributed by atoms with Crippen LogP contribution in [0, 0.1) is 5.92 Å². The number of hydrogen-bond donors (Lipinski definition) is 1. The summed E-state index contributed by atoms with van der Waals surface area (Å²) in [5, 5.41) is 0. The first-order chi connectivity index (χ1) is 9.20. The number of nitrogens with two attached hydrogens (primary N) is 1. The highest BCUT2D eigenvalue weighted by Crippen LogP contribution is 2.25. The third kappa shape index (κ3) is 3.10. The van der Waals surface area contributed by atoms with Gasteiger partial charge in [-0.15, -0.1) is 0 Å². The van der Waals surface area contributed by atoms with Gasteiger partial charge in [0.05, 0.1) is 0 Å². The molecule has 1 fully saturated rings. The molecule has 0 aliphatic carbocycles. The van der Waals surface area contributed by atoms with E-state index < -0.39 is 0 Å². The van der Waals surface area contributed by atoms with E-state index in [1.165, 1.54) is 50.1 Å². The lowest BCUT2D eigenvalue weighted by Crippen LogP contribution is -2.32. The summed E-state index contributed by atoms with van der Waals surface area (Å²) >= 11 is 0. The molecular weight excluding hydrogens is 234 g/mol. The molecule has 2 aliphatic rings. The number of fused-ring (bicyclic) bond motifs is 1. The molecule has 1 aromatic carbocycles. The third-order valence-corrected chi connectivity index (χ3v) is 4.36. The fraction of sp³-hybridized carbons (Fsp3) is 0.625. The highest BCUT2D eigenvalue weighted by molar-refractivity contribution is 5.46. The summed E-state index contributed by atoms with van der Waals surface area (Å²) in [4.78, 5) is 5.18. The Kier molecular flexibility index (Phi) is 3.76. The molecule has 3 rings (SSSR count). The van der Waals surface area contributed by atoms with Crippen LogP contribution in [0.3, 0.4) is 0 Å². The summed E-state index contributed by atoms with van der Waals surface area (Å²) in [7, 11) is 0. The van der Waals surface area contributed by atoms with E-state index in [0.717, 1.165) is 24.7 Å². The lowest BCUT2D eigenvalue weighted by atomic mass is 10.1. The van der Waals surface area contributed by atoms with Crippen molar-refractivity contribution in [1.29, 1.82) is 0 Å². The second-order valence-corrected chi connectivity index (χ2v) is 6.31. The second kappa shape index (κ2) is 5.51. The average molecular weight is 259 g/mol. The topological polar surface area (TPSA) is 32.5 Å². The molecule has 3 heteroatoms. The van der Waals surface area contributed by atoms with Crippen molar-refractivity contribution >= 4 is 5.69 Å². The van der Waals surface area contributed by atoms with Crippen LogP contribution >= 0.6 is 0 Å². The van der Waals surface area contributed by atoms with Gasteiger partial charge in [-0.25, -0.2) is 0 Å². The number of benzene rings is 1. The fourth-order valence-corrected chi connectivity index (χ4v) is 3.52. The smallest absolute Gasteiger partial charge is 0.0317 e. The Hall–Kier alpha value is -1.06. The molecule has 2 aliphatic heterocycles. The molecule has 0 spiro atoms. The van der Waals surface area contributed by atoms with Crippen molar-refractivity contribution in [3.63, 3.8) is 0 Å². The van der Waals surface area contributed by atoms with E-state index in [0.29, 0.717) is 0 Å². The van der Waals surface area contributed by atoms with E-state index in [1.807, 2.05) is 6.07 Å². The zero-order chi connectivity index (χ0) is 13.2. The number of nitrogens with zero attached hydrogens (tertiary/aromatic N) is 2. The SMILES string of the molecule is CC(CN1CCCC1)CN1Cc2ccc(N)cc2C1. The molecule has 0 bridgehead atoms. The Bertz CT molecular complexity index is 438. The van der Waals surface area contributed by atoms with Crippen LogP contribution in [0.25, 0.3) is 0 Å². The van der Waals surface area contributed by atoms with Crippen molar-refractivity contribution < 1.29 is 0 Å². The van der Waals surface area contributed by atoms with Crippen molar-refractivity contribution in [3.8, 4) is 0 Å². The lowest BCUT2D eigenvalue weighted by Gasteiger charge is -2.24. The average Bonchev–Trinajstić information content (AvgIpc) is 2.97. The van der Waals surface area contributed by atoms with E-state index in [-0.39, 0.29) is 0 Å². The minimum atomic E-state index is 0.754. The minimum Gasteiger partial charge on any atom is -0.399 e. The highest BCUT2D eigenvalue weighted by atomic mass is 15.2. The van der Waals surface area contributed by atoms with Gasteiger partial charge in [-0.3, -0.25) is 4.90 Å². The van der Waals surface area contributed by atoms with Gasteiger partial charge < -0.3 is 10.6 Å². The van der Waals surface area contributed by atoms with Crippen LogP contribution < -0.4 is 5.73 Å². The summed E-state index contributed by atoms with van der Waals surface area (Å²) in [6.45, 7) is 9.63. The van der Waals surface area contributed by atoms with Gasteiger partial charge in [0.25, 0.3) is 0 Å². The molecular formula is C16H25N3. The third-order valence-electron chi connectivity index (χ3n) is 4.36. The van der Waals surface area contributed by atoms with E-state index in [9.17, 15) is 0 Å². The van der Waals surface area contributed by atoms with Crippen molar-refractivity contribution in [2.75, 3.05) is 31.9 Å². The molecule has 0 saturated carbocycles. The van der Waals surface area contributed by atoms with E-state index >= 15 is 0 Å². The fourth-order valence-electron chi connectivity index (χ4n) is 3.52. The van der Waals surface area contributed by atoms with Crippen LogP contribution in [-0.2, 0) is 13.1 Å². The Morgan fingerprint density at radius 3 is 2.53 bits per heavy atom. The van der Waals surface area contributed by atoms with Crippen molar-refractivity contribution in [3.05, 3.63) is 29.3 Å². The van der Waals surface area contributed by atoms with E-state index in [1.54, 1.807) is 0 Å². The molecule has 3 nitrogen and oxygen atoms in total. The summed E-state index contributed by atoms with van der Waals surface area (Å²) in [5.74, 6) is 0.754. The first-order valence-electron chi connectivity index (χ1n) is 7.53. The Labute approximate surface area is 116 Å². The number of hydrogen-bond acceptors (Lipinski definition) is 3. The Balaban J connectivity index is 1.52. The van der Waals surface area contributed by atoms with Crippen LogP contribution in [0.2, 0.25) is 0 Å². The molecule has 2 N–H and O–H groups in total. The normalized spacial score (nSPS) is 21.7. The number of nitrogen functional groups attached to an aromatic ring is 1. The molecule has 2 heterocycles. The zero-order valence-electron chi connectivity index (χ0n) is 11.9. The maximum atomic E-state index is 5.86. The quantitative estimate of drug-likeness (QED) is 0.842. The number of likely N-dealkylation sites (tertiary alicyclic amines) is 1. The summed E-state index contributed by atoms with van der Waals surface area (Å²) in [6, 6.07) is 6.35. The minimum absolute atomic E-state index is 0.754. The van der Waals surface area contributed by atoms with Crippen molar-refractivity contribution in [2.24, 2.45) is 5.92 Å². The number of rotatable bonds is 4. The van der Waals surface area contributed by atoms with Crippen molar-refractivity contribution in [1.82, 2.24) is 9.80 Å². The Morgan fingerprint density at radius 1 is 1.05 bits per heavy atom. The molecule has 19 heavy (non-hydrogen) atoms. The van der Waals surface area contributed by atoms with Crippen LogP contribution in [0.1, 0.15) is 30.9 Å². The van der Waals surface area contributed by atoms with Gasteiger partial charge >= 0.3 is 0 Å². The molecule has 1 saturated heterocycles. The molecule has 104 valence electrons. The molecule has 0 amide bonds. The monoisotopic (exact) mass is 259 g/mol. The standard InChI is InChI=1S/C16H25N3/c1-13(9-18-6-2-3-7-18)10-19-11-14-4-5-16(17)8-15(14)12-19/h4-5,8,13H,2-3,6-7,9-12,17H2,1H3. The lowest BCUT2D eigenvalue weighted by molar-refractivity contribution is 0.202. The van der Waals surface area contributed by atoms with E-state index in [2.05, 4.69) is 28.9 Å². The van der Waals surface area contributed by atoms with Gasteiger partial charge in [-0.1, -0.05) is 13.0 Å². The van der Waals surface area contributed by atoms with Gasteiger partial charge in [0, 0.05) is 31.9 Å². The summed E-state index contributed by atoms with van der Waals surface area (Å²) in [5.41, 5.74) is 9.64. The van der Waals surface area contributed by atoms with Crippen LogP contribution in [0.5, 0.6) is 0 Å². The van der Waals surface area contributed by atoms with Gasteiger partial charge in [0.1, 0.15) is 0 Å². The van der Waals surface area contributed by atoms with Gasteiger partial charge in [0.15, 0.2) is 0 Å². The maximum Gasteiger partial charge on any atom is 0.0317 e. The molecule has 0 aromatic heterocycles. The first-order valence-corrected chi connectivity index (χ1v) is 7.53. The van der Waals surface area contributed by atoms with Crippen LogP contribution in [-0.4, -0.2) is 36.0 Å². The van der Waals surface area contributed by atoms with Crippen LogP contribution in [0.4, 0.5) is 5.69 Å². The van der Waals surface area contributed by atoms with Gasteiger partial charge in [-0.05, 0) is 55.1 Å². The van der Waals surface area contributed by atoms with Gasteiger partial charge in [0.2, 0.25) is 0 Å².